The Morgan fingerprint density at radius 1 is 1.16 bits per heavy atom. The fraction of sp³-hybridized carbons (Fsp3) is 0.611. The number of benzene rings is 1. The van der Waals surface area contributed by atoms with Crippen molar-refractivity contribution < 1.29 is 13.2 Å². The number of likely N-dealkylation sites (tertiary alicyclic amines) is 1. The van der Waals surface area contributed by atoms with Crippen LogP contribution in [0.4, 0.5) is 0 Å². The van der Waals surface area contributed by atoms with Gasteiger partial charge in [0.2, 0.25) is 15.9 Å². The van der Waals surface area contributed by atoms with E-state index in [9.17, 15) is 13.2 Å². The van der Waals surface area contributed by atoms with Gasteiger partial charge in [0.25, 0.3) is 0 Å². The first-order valence-electron chi connectivity index (χ1n) is 8.87. The van der Waals surface area contributed by atoms with Gasteiger partial charge in [-0.2, -0.15) is 4.31 Å². The van der Waals surface area contributed by atoms with Crippen molar-refractivity contribution in [2.45, 2.75) is 50.0 Å². The van der Waals surface area contributed by atoms with Crippen molar-refractivity contribution in [1.29, 1.82) is 0 Å². The van der Waals surface area contributed by atoms with Gasteiger partial charge in [-0.25, -0.2) is 8.42 Å². The first kappa shape index (κ1) is 17.3. The largest absolute Gasteiger partial charge is 0.341 e. The molecule has 1 saturated carbocycles. The van der Waals surface area contributed by atoms with Gasteiger partial charge in [-0.15, -0.1) is 0 Å². The maximum Gasteiger partial charge on any atom is 0.244 e. The Balaban J connectivity index is 1.73. The molecule has 1 aromatic rings. The van der Waals surface area contributed by atoms with Gasteiger partial charge in [0.15, 0.2) is 0 Å². The van der Waals surface area contributed by atoms with Crippen LogP contribution in [0.25, 0.3) is 0 Å². The number of carbonyl (C=O) groups is 1. The summed E-state index contributed by atoms with van der Waals surface area (Å²) in [6.45, 7) is 5.48. The van der Waals surface area contributed by atoms with E-state index < -0.39 is 15.6 Å². The van der Waals surface area contributed by atoms with Gasteiger partial charge in [0.05, 0.1) is 4.90 Å². The highest BCUT2D eigenvalue weighted by Crippen LogP contribution is 2.58. The van der Waals surface area contributed by atoms with Gasteiger partial charge in [0.1, 0.15) is 5.54 Å². The number of nitrogens with zero attached hydrogens (tertiary/aromatic N) is 2. The molecule has 1 aromatic carbocycles. The van der Waals surface area contributed by atoms with E-state index in [0.717, 1.165) is 37.9 Å². The minimum Gasteiger partial charge on any atom is -0.341 e. The number of sulfonamides is 1. The van der Waals surface area contributed by atoms with Crippen LogP contribution < -0.4 is 0 Å². The summed E-state index contributed by atoms with van der Waals surface area (Å²) >= 11 is 6.13. The van der Waals surface area contributed by atoms with Crippen molar-refractivity contribution in [3.63, 3.8) is 0 Å². The number of hydrogen-bond acceptors (Lipinski definition) is 3. The third-order valence-electron chi connectivity index (χ3n) is 5.99. The Bertz CT molecular complexity index is 848. The molecular weight excluding hydrogens is 360 g/mol. The van der Waals surface area contributed by atoms with Gasteiger partial charge < -0.3 is 4.90 Å². The smallest absolute Gasteiger partial charge is 0.244 e. The topological polar surface area (TPSA) is 57.7 Å². The van der Waals surface area contributed by atoms with E-state index in [-0.39, 0.29) is 16.7 Å². The fourth-order valence-electron chi connectivity index (χ4n) is 4.48. The van der Waals surface area contributed by atoms with Crippen molar-refractivity contribution in [3.8, 4) is 0 Å². The van der Waals surface area contributed by atoms with Gasteiger partial charge >= 0.3 is 0 Å². The van der Waals surface area contributed by atoms with Crippen LogP contribution in [0.5, 0.6) is 0 Å². The van der Waals surface area contributed by atoms with E-state index in [1.54, 1.807) is 26.0 Å². The van der Waals surface area contributed by atoms with Crippen LogP contribution in [0, 0.1) is 19.8 Å². The van der Waals surface area contributed by atoms with E-state index in [4.69, 9.17) is 11.6 Å². The molecule has 2 saturated heterocycles. The maximum absolute atomic E-state index is 13.4. The van der Waals surface area contributed by atoms with E-state index in [0.29, 0.717) is 23.6 Å². The van der Waals surface area contributed by atoms with Crippen LogP contribution >= 0.6 is 11.6 Å². The summed E-state index contributed by atoms with van der Waals surface area (Å²) < 4.78 is 28.3. The average molecular weight is 383 g/mol. The van der Waals surface area contributed by atoms with E-state index in [1.807, 2.05) is 4.90 Å². The molecule has 2 aliphatic heterocycles. The highest BCUT2D eigenvalue weighted by Gasteiger charge is 2.71. The lowest BCUT2D eigenvalue weighted by molar-refractivity contribution is -0.135. The molecule has 0 bridgehead atoms. The second-order valence-electron chi connectivity index (χ2n) is 7.56. The Hall–Kier alpha value is -1.11. The number of carbonyl (C=O) groups excluding carboxylic acids is 1. The molecule has 0 N–H and O–H groups in total. The zero-order chi connectivity index (χ0) is 18.0. The molecule has 0 aromatic heterocycles. The lowest BCUT2D eigenvalue weighted by atomic mass is 10.2. The maximum atomic E-state index is 13.4. The van der Waals surface area contributed by atoms with Crippen LogP contribution in [0.2, 0.25) is 5.02 Å². The van der Waals surface area contributed by atoms with Crippen molar-refractivity contribution in [2.75, 3.05) is 19.6 Å². The molecule has 0 radical (unpaired) electrons. The fourth-order valence-corrected chi connectivity index (χ4v) is 6.81. The second kappa shape index (κ2) is 5.69. The number of hydrogen-bond donors (Lipinski definition) is 0. The summed E-state index contributed by atoms with van der Waals surface area (Å²) in [5.74, 6) is 0.184. The van der Waals surface area contributed by atoms with Crippen LogP contribution in [0.15, 0.2) is 17.0 Å². The van der Waals surface area contributed by atoms with Crippen LogP contribution in [-0.4, -0.2) is 48.7 Å². The monoisotopic (exact) mass is 382 g/mol. The molecule has 1 amide bonds. The summed E-state index contributed by atoms with van der Waals surface area (Å²) in [6.07, 6.45) is 3.45. The molecule has 3 fully saturated rings. The third-order valence-corrected chi connectivity index (χ3v) is 8.48. The van der Waals surface area contributed by atoms with E-state index in [2.05, 4.69) is 0 Å². The summed E-state index contributed by atoms with van der Waals surface area (Å²) in [5, 5.41) is 0.560. The van der Waals surface area contributed by atoms with Crippen molar-refractivity contribution in [1.82, 2.24) is 9.21 Å². The molecule has 3 aliphatic rings. The number of aryl methyl sites for hydroxylation is 2. The van der Waals surface area contributed by atoms with Gasteiger partial charge in [-0.05, 0) is 68.7 Å². The number of halogens is 1. The van der Waals surface area contributed by atoms with Crippen molar-refractivity contribution in [3.05, 3.63) is 28.3 Å². The Morgan fingerprint density at radius 3 is 2.48 bits per heavy atom. The molecule has 2 atom stereocenters. The van der Waals surface area contributed by atoms with Crippen molar-refractivity contribution in [2.24, 2.45) is 5.92 Å². The number of amides is 1. The normalized spacial score (nSPS) is 29.1. The number of piperidine rings is 1. The zero-order valence-electron chi connectivity index (χ0n) is 14.6. The Kier molecular flexibility index (Phi) is 3.94. The lowest BCUT2D eigenvalue weighted by Crippen LogP contribution is -2.51. The molecule has 2 heterocycles. The zero-order valence-corrected chi connectivity index (χ0v) is 16.2. The SMILES string of the molecule is Cc1cc(S(=O)(=O)N2CCC3CC32C(=O)N2CCCC2)c(C)cc1Cl. The standard InChI is InChI=1S/C18H23ClN2O3S/c1-12-10-16(13(2)9-15(12)19)25(23,24)21-8-5-14-11-18(14,21)17(22)20-6-3-4-7-20/h9-10,14H,3-8,11H2,1-2H3. The molecule has 4 rings (SSSR count). The second-order valence-corrected chi connectivity index (χ2v) is 9.80. The predicted octanol–water partition coefficient (Wildman–Crippen LogP) is 2.73. The molecule has 7 heteroatoms. The minimum atomic E-state index is -3.72. The third kappa shape index (κ3) is 2.45. The van der Waals surface area contributed by atoms with E-state index >= 15 is 0 Å². The summed E-state index contributed by atoms with van der Waals surface area (Å²) in [6, 6.07) is 3.33. The Morgan fingerprint density at radius 2 is 1.84 bits per heavy atom. The summed E-state index contributed by atoms with van der Waals surface area (Å²) in [7, 11) is -3.72. The highest BCUT2D eigenvalue weighted by atomic mass is 35.5. The molecule has 25 heavy (non-hydrogen) atoms. The van der Waals surface area contributed by atoms with Gasteiger partial charge in [-0.1, -0.05) is 11.6 Å². The van der Waals surface area contributed by atoms with Crippen LogP contribution in [0.1, 0.15) is 36.8 Å². The van der Waals surface area contributed by atoms with Gasteiger partial charge in [0, 0.05) is 24.7 Å². The first-order valence-corrected chi connectivity index (χ1v) is 10.7. The molecule has 136 valence electrons. The quantitative estimate of drug-likeness (QED) is 0.807. The predicted molar refractivity (Wildman–Crippen MR) is 96.1 cm³/mol. The summed E-state index contributed by atoms with van der Waals surface area (Å²) in [4.78, 5) is 15.2. The van der Waals surface area contributed by atoms with Crippen LogP contribution in [0.3, 0.4) is 0 Å². The molecule has 5 nitrogen and oxygen atoms in total. The van der Waals surface area contributed by atoms with Crippen LogP contribution in [-0.2, 0) is 14.8 Å². The first-order chi connectivity index (χ1) is 11.8. The Labute approximate surface area is 154 Å². The molecule has 0 spiro atoms. The number of fused-ring (bicyclic) bond motifs is 1. The van der Waals surface area contributed by atoms with E-state index in [1.165, 1.54) is 4.31 Å². The van der Waals surface area contributed by atoms with Crippen molar-refractivity contribution >= 4 is 27.5 Å². The number of rotatable bonds is 3. The highest BCUT2D eigenvalue weighted by molar-refractivity contribution is 7.89. The molecular formula is C18H23ClN2O3S. The minimum absolute atomic E-state index is 0.0133. The molecule has 2 unspecified atom stereocenters. The molecule has 1 aliphatic carbocycles. The summed E-state index contributed by atoms with van der Waals surface area (Å²) in [5.41, 5.74) is 0.532. The lowest BCUT2D eigenvalue weighted by Gasteiger charge is -2.30. The average Bonchev–Trinajstić information content (AvgIpc) is 2.94. The van der Waals surface area contributed by atoms with Gasteiger partial charge in [-0.3, -0.25) is 4.79 Å².